The van der Waals surface area contributed by atoms with Crippen molar-refractivity contribution in [3.63, 3.8) is 0 Å². The quantitative estimate of drug-likeness (QED) is 0.672. The molecule has 0 aromatic carbocycles. The number of thiophene rings is 1. The van der Waals surface area contributed by atoms with Crippen LogP contribution in [0.3, 0.4) is 0 Å². The summed E-state index contributed by atoms with van der Waals surface area (Å²) in [5.74, 6) is -0.940. The molecule has 2 heterocycles. The maximum absolute atomic E-state index is 12.6. The maximum atomic E-state index is 12.6. The van der Waals surface area contributed by atoms with Crippen molar-refractivity contribution in [2.45, 2.75) is 12.7 Å². The van der Waals surface area contributed by atoms with E-state index in [-0.39, 0.29) is 5.82 Å². The molecule has 1 saturated heterocycles. The van der Waals surface area contributed by atoms with Crippen molar-refractivity contribution >= 4 is 11.3 Å². The van der Waals surface area contributed by atoms with Crippen LogP contribution in [0.15, 0.2) is 11.4 Å². The highest BCUT2D eigenvalue weighted by molar-refractivity contribution is 7.10. The van der Waals surface area contributed by atoms with E-state index in [0.29, 0.717) is 13.2 Å². The van der Waals surface area contributed by atoms with Crippen LogP contribution in [-0.4, -0.2) is 13.2 Å². The standard InChI is InChI=1S/C8H9FO2S/c1-8(10-2-3-11-8)7-4-6(9)5-12-7/h4-5H,2-3H2,1H3. The van der Waals surface area contributed by atoms with Crippen LogP contribution in [0.5, 0.6) is 0 Å². The molecule has 0 bridgehead atoms. The van der Waals surface area contributed by atoms with E-state index in [0.717, 1.165) is 4.88 Å². The lowest BCUT2D eigenvalue weighted by atomic mass is 10.2. The van der Waals surface area contributed by atoms with Crippen LogP contribution in [0, 0.1) is 5.82 Å². The molecule has 1 aromatic heterocycles. The molecule has 0 saturated carbocycles. The van der Waals surface area contributed by atoms with Gasteiger partial charge >= 0.3 is 0 Å². The average molecular weight is 188 g/mol. The summed E-state index contributed by atoms with van der Waals surface area (Å²) in [7, 11) is 0. The Morgan fingerprint density at radius 3 is 2.67 bits per heavy atom. The van der Waals surface area contributed by atoms with Gasteiger partial charge < -0.3 is 9.47 Å². The second-order valence-corrected chi connectivity index (χ2v) is 3.68. The van der Waals surface area contributed by atoms with Crippen molar-refractivity contribution in [1.82, 2.24) is 0 Å². The van der Waals surface area contributed by atoms with Gasteiger partial charge in [-0.25, -0.2) is 4.39 Å². The van der Waals surface area contributed by atoms with E-state index in [1.54, 1.807) is 0 Å². The van der Waals surface area contributed by atoms with Gasteiger partial charge in [-0.05, 0) is 13.0 Å². The minimum atomic E-state index is -0.713. The van der Waals surface area contributed by atoms with Gasteiger partial charge in [0.1, 0.15) is 5.82 Å². The van der Waals surface area contributed by atoms with Crippen LogP contribution in [0.4, 0.5) is 4.39 Å². The first-order chi connectivity index (χ1) is 5.71. The Labute approximate surface area is 73.9 Å². The molecular weight excluding hydrogens is 179 g/mol. The first-order valence-electron chi connectivity index (χ1n) is 3.73. The number of ether oxygens (including phenoxy) is 2. The van der Waals surface area contributed by atoms with Crippen LogP contribution >= 0.6 is 11.3 Å². The number of rotatable bonds is 1. The lowest BCUT2D eigenvalue weighted by molar-refractivity contribution is -0.147. The minimum Gasteiger partial charge on any atom is -0.343 e. The van der Waals surface area contributed by atoms with E-state index < -0.39 is 5.79 Å². The van der Waals surface area contributed by atoms with Gasteiger partial charge in [-0.1, -0.05) is 0 Å². The molecule has 4 heteroatoms. The van der Waals surface area contributed by atoms with Crippen LogP contribution < -0.4 is 0 Å². The molecule has 0 spiro atoms. The second-order valence-electron chi connectivity index (χ2n) is 2.77. The van der Waals surface area contributed by atoms with Crippen molar-refractivity contribution in [3.8, 4) is 0 Å². The van der Waals surface area contributed by atoms with Gasteiger partial charge in [0.25, 0.3) is 0 Å². The summed E-state index contributed by atoms with van der Waals surface area (Å²) in [6, 6.07) is 1.45. The third-order valence-corrected chi connectivity index (χ3v) is 2.94. The fraction of sp³-hybridized carbons (Fsp3) is 0.500. The third kappa shape index (κ3) is 1.26. The highest BCUT2D eigenvalue weighted by Gasteiger charge is 2.34. The zero-order chi connectivity index (χ0) is 8.60. The molecule has 1 aliphatic heterocycles. The molecule has 66 valence electrons. The summed E-state index contributed by atoms with van der Waals surface area (Å²) in [5.41, 5.74) is 0. The fourth-order valence-electron chi connectivity index (χ4n) is 1.21. The van der Waals surface area contributed by atoms with E-state index >= 15 is 0 Å². The summed E-state index contributed by atoms with van der Waals surface area (Å²) >= 11 is 1.32. The number of halogens is 1. The Hall–Kier alpha value is -0.450. The van der Waals surface area contributed by atoms with Gasteiger partial charge in [-0.2, -0.15) is 0 Å². The van der Waals surface area contributed by atoms with E-state index in [9.17, 15) is 4.39 Å². The molecule has 12 heavy (non-hydrogen) atoms. The van der Waals surface area contributed by atoms with Crippen molar-refractivity contribution in [3.05, 3.63) is 22.1 Å². The van der Waals surface area contributed by atoms with Crippen LogP contribution in [0.25, 0.3) is 0 Å². The lowest BCUT2D eigenvalue weighted by Gasteiger charge is -2.19. The Morgan fingerprint density at radius 2 is 2.17 bits per heavy atom. The highest BCUT2D eigenvalue weighted by Crippen LogP contribution is 2.34. The van der Waals surface area contributed by atoms with Crippen LogP contribution in [-0.2, 0) is 15.3 Å². The molecule has 1 fully saturated rings. The van der Waals surface area contributed by atoms with Gasteiger partial charge in [0.15, 0.2) is 0 Å². The van der Waals surface area contributed by atoms with Crippen LogP contribution in [0.1, 0.15) is 11.8 Å². The first-order valence-corrected chi connectivity index (χ1v) is 4.61. The van der Waals surface area contributed by atoms with Crippen LogP contribution in [0.2, 0.25) is 0 Å². The Bertz CT molecular complexity index is 278. The average Bonchev–Trinajstić information content (AvgIpc) is 2.59. The van der Waals surface area contributed by atoms with Gasteiger partial charge in [0, 0.05) is 5.38 Å². The molecule has 2 nitrogen and oxygen atoms in total. The van der Waals surface area contributed by atoms with Crippen molar-refractivity contribution in [2.75, 3.05) is 13.2 Å². The predicted molar refractivity (Wildman–Crippen MR) is 43.5 cm³/mol. The molecule has 1 aromatic rings. The highest BCUT2D eigenvalue weighted by atomic mass is 32.1. The monoisotopic (exact) mass is 188 g/mol. The molecule has 0 radical (unpaired) electrons. The largest absolute Gasteiger partial charge is 0.343 e. The molecule has 2 rings (SSSR count). The van der Waals surface area contributed by atoms with E-state index in [4.69, 9.17) is 9.47 Å². The first kappa shape index (κ1) is 8.16. The molecule has 0 unspecified atom stereocenters. The SMILES string of the molecule is CC1(c2cc(F)cs2)OCCO1. The molecule has 1 aliphatic rings. The number of hydrogen-bond acceptors (Lipinski definition) is 3. The lowest BCUT2D eigenvalue weighted by Crippen LogP contribution is -2.20. The van der Waals surface area contributed by atoms with E-state index in [1.807, 2.05) is 6.92 Å². The zero-order valence-electron chi connectivity index (χ0n) is 6.67. The molecule has 0 amide bonds. The minimum absolute atomic E-state index is 0.227. The molecule has 0 N–H and O–H groups in total. The van der Waals surface area contributed by atoms with Crippen molar-refractivity contribution in [1.29, 1.82) is 0 Å². The normalized spacial score (nSPS) is 21.5. The maximum Gasteiger partial charge on any atom is 0.201 e. The van der Waals surface area contributed by atoms with E-state index in [1.165, 1.54) is 22.8 Å². The zero-order valence-corrected chi connectivity index (χ0v) is 7.49. The third-order valence-electron chi connectivity index (χ3n) is 1.85. The van der Waals surface area contributed by atoms with Gasteiger partial charge in [-0.15, -0.1) is 11.3 Å². The molecule has 0 atom stereocenters. The summed E-state index contributed by atoms with van der Waals surface area (Å²) in [6.07, 6.45) is 0. The van der Waals surface area contributed by atoms with Crippen molar-refractivity contribution < 1.29 is 13.9 Å². The summed E-state index contributed by atoms with van der Waals surface area (Å²) in [6.45, 7) is 2.97. The van der Waals surface area contributed by atoms with Gasteiger partial charge in [0.2, 0.25) is 5.79 Å². The summed E-state index contributed by atoms with van der Waals surface area (Å²) in [4.78, 5) is 0.789. The Kier molecular flexibility index (Phi) is 1.90. The number of hydrogen-bond donors (Lipinski definition) is 0. The fourth-order valence-corrected chi connectivity index (χ4v) is 2.03. The van der Waals surface area contributed by atoms with Gasteiger partial charge in [-0.3, -0.25) is 0 Å². The molecular formula is C8H9FO2S. The Balaban J connectivity index is 2.28. The van der Waals surface area contributed by atoms with Crippen molar-refractivity contribution in [2.24, 2.45) is 0 Å². The summed E-state index contributed by atoms with van der Waals surface area (Å²) < 4.78 is 23.4. The topological polar surface area (TPSA) is 18.5 Å². The Morgan fingerprint density at radius 1 is 1.50 bits per heavy atom. The predicted octanol–water partition coefficient (Wildman–Crippen LogP) is 2.11. The van der Waals surface area contributed by atoms with Gasteiger partial charge in [0.05, 0.1) is 18.1 Å². The second kappa shape index (κ2) is 2.80. The van der Waals surface area contributed by atoms with E-state index in [2.05, 4.69) is 0 Å². The smallest absolute Gasteiger partial charge is 0.201 e. The summed E-state index contributed by atoms with van der Waals surface area (Å²) in [5, 5.41) is 1.45. The molecule has 0 aliphatic carbocycles.